The number of hydrogen-bond acceptors (Lipinski definition) is 4. The van der Waals surface area contributed by atoms with Gasteiger partial charge in [-0.05, 0) is 73.0 Å². The van der Waals surface area contributed by atoms with Crippen LogP contribution in [-0.2, 0) is 16.0 Å². The highest BCUT2D eigenvalue weighted by Crippen LogP contribution is 2.34. The van der Waals surface area contributed by atoms with Crippen molar-refractivity contribution >= 4 is 28.8 Å². The fourth-order valence-electron chi connectivity index (χ4n) is 4.62. The van der Waals surface area contributed by atoms with Crippen LogP contribution in [-0.4, -0.2) is 25.0 Å². The first-order valence-electron chi connectivity index (χ1n) is 11.8. The maximum absolute atomic E-state index is 13.9. The van der Waals surface area contributed by atoms with Gasteiger partial charge in [-0.2, -0.15) is 0 Å². The highest BCUT2D eigenvalue weighted by Gasteiger charge is 2.35. The Morgan fingerprint density at radius 3 is 2.59 bits per heavy atom. The van der Waals surface area contributed by atoms with Crippen LogP contribution in [0.15, 0.2) is 60.0 Å². The molecule has 0 radical (unpaired) electrons. The molecule has 178 valence electrons. The quantitative estimate of drug-likeness (QED) is 0.450. The van der Waals surface area contributed by atoms with Gasteiger partial charge in [0.25, 0.3) is 0 Å². The van der Waals surface area contributed by atoms with Crippen LogP contribution in [0.4, 0.5) is 5.69 Å². The Hall–Kier alpha value is -3.12. The van der Waals surface area contributed by atoms with Gasteiger partial charge in [0.05, 0.1) is 13.5 Å². The highest BCUT2D eigenvalue weighted by molar-refractivity contribution is 7.10. The van der Waals surface area contributed by atoms with Gasteiger partial charge in [-0.3, -0.25) is 14.5 Å². The van der Waals surface area contributed by atoms with Crippen molar-refractivity contribution in [2.24, 2.45) is 0 Å². The Bertz CT molecular complexity index is 1140. The number of methoxy groups -OCH3 is 1. The molecule has 34 heavy (non-hydrogen) atoms. The number of anilines is 1. The molecule has 2 aromatic carbocycles. The molecule has 1 fully saturated rings. The standard InChI is InChI=1S/C28H32N2O3S/c1-19-13-14-20(2)25(16-19)30(26(31)18-24-12-7-15-34-24)27(21-8-6-11-23(17-21)33-3)28(32)29-22-9-4-5-10-22/h6-8,11-17,22,27H,4-5,9-10,18H2,1-3H3,(H,29,32). The molecule has 0 bridgehead atoms. The smallest absolute Gasteiger partial charge is 0.248 e. The summed E-state index contributed by atoms with van der Waals surface area (Å²) in [4.78, 5) is 30.4. The number of ether oxygens (including phenoxy) is 1. The zero-order chi connectivity index (χ0) is 24.1. The van der Waals surface area contributed by atoms with Gasteiger partial charge in [0.15, 0.2) is 0 Å². The highest BCUT2D eigenvalue weighted by atomic mass is 32.1. The van der Waals surface area contributed by atoms with Crippen molar-refractivity contribution < 1.29 is 14.3 Å². The first-order valence-corrected chi connectivity index (χ1v) is 12.7. The van der Waals surface area contributed by atoms with Gasteiger partial charge < -0.3 is 10.1 Å². The van der Waals surface area contributed by atoms with Gasteiger partial charge in [-0.25, -0.2) is 0 Å². The Balaban J connectivity index is 1.82. The lowest BCUT2D eigenvalue weighted by Gasteiger charge is -2.33. The number of carbonyl (C=O) groups is 2. The van der Waals surface area contributed by atoms with E-state index in [0.29, 0.717) is 5.75 Å². The van der Waals surface area contributed by atoms with Crippen LogP contribution in [0, 0.1) is 13.8 Å². The van der Waals surface area contributed by atoms with Gasteiger partial charge in [0.1, 0.15) is 11.8 Å². The van der Waals surface area contributed by atoms with Crippen LogP contribution in [0.5, 0.6) is 5.75 Å². The average molecular weight is 477 g/mol. The van der Waals surface area contributed by atoms with Crippen LogP contribution in [0.3, 0.4) is 0 Å². The second-order valence-corrected chi connectivity index (χ2v) is 10.0. The van der Waals surface area contributed by atoms with E-state index in [0.717, 1.165) is 52.9 Å². The number of thiophene rings is 1. The molecule has 1 saturated carbocycles. The largest absolute Gasteiger partial charge is 0.497 e. The number of aryl methyl sites for hydroxylation is 2. The van der Waals surface area contributed by atoms with Crippen LogP contribution < -0.4 is 15.0 Å². The van der Waals surface area contributed by atoms with Gasteiger partial charge in [0, 0.05) is 16.6 Å². The molecule has 3 aromatic rings. The summed E-state index contributed by atoms with van der Waals surface area (Å²) in [6, 6.07) is 16.8. The third-order valence-electron chi connectivity index (χ3n) is 6.42. The fraction of sp³-hybridized carbons (Fsp3) is 0.357. The summed E-state index contributed by atoms with van der Waals surface area (Å²) in [7, 11) is 1.61. The SMILES string of the molecule is COc1cccc(C(C(=O)NC2CCCC2)N(C(=O)Cc2cccs2)c2cc(C)ccc2C)c1. The van der Waals surface area contributed by atoms with Crippen LogP contribution >= 0.6 is 11.3 Å². The molecule has 1 aliphatic carbocycles. The molecule has 1 N–H and O–H groups in total. The van der Waals surface area contributed by atoms with Gasteiger partial charge in [-0.1, -0.05) is 43.2 Å². The maximum atomic E-state index is 13.9. The summed E-state index contributed by atoms with van der Waals surface area (Å²) in [5, 5.41) is 5.21. The minimum atomic E-state index is -0.802. The summed E-state index contributed by atoms with van der Waals surface area (Å²) in [6.45, 7) is 3.99. The van der Waals surface area contributed by atoms with Crippen molar-refractivity contribution in [1.29, 1.82) is 0 Å². The van der Waals surface area contributed by atoms with E-state index in [9.17, 15) is 9.59 Å². The number of benzene rings is 2. The summed E-state index contributed by atoms with van der Waals surface area (Å²) in [5.41, 5.74) is 3.48. The van der Waals surface area contributed by atoms with E-state index in [-0.39, 0.29) is 24.3 Å². The van der Waals surface area contributed by atoms with E-state index in [1.807, 2.05) is 73.8 Å². The minimum absolute atomic E-state index is 0.106. The van der Waals surface area contributed by atoms with Crippen molar-refractivity contribution in [3.63, 3.8) is 0 Å². The first kappa shape index (κ1) is 24.0. The molecule has 5 nitrogen and oxygen atoms in total. The topological polar surface area (TPSA) is 58.6 Å². The van der Waals surface area contributed by atoms with E-state index in [4.69, 9.17) is 4.74 Å². The zero-order valence-corrected chi connectivity index (χ0v) is 20.9. The maximum Gasteiger partial charge on any atom is 0.248 e. The minimum Gasteiger partial charge on any atom is -0.497 e. The van der Waals surface area contributed by atoms with Crippen molar-refractivity contribution in [3.8, 4) is 5.75 Å². The number of nitrogens with one attached hydrogen (secondary N) is 1. The van der Waals surface area contributed by atoms with Crippen LogP contribution in [0.25, 0.3) is 0 Å². The number of amides is 2. The fourth-order valence-corrected chi connectivity index (χ4v) is 5.32. The summed E-state index contributed by atoms with van der Waals surface area (Å²) >= 11 is 1.55. The number of hydrogen-bond donors (Lipinski definition) is 1. The molecule has 0 saturated heterocycles. The molecular formula is C28H32N2O3S. The summed E-state index contributed by atoms with van der Waals surface area (Å²) < 4.78 is 5.46. The number of rotatable bonds is 8. The Labute approximate surface area is 205 Å². The Kier molecular flexibility index (Phi) is 7.68. The average Bonchev–Trinajstić information content (AvgIpc) is 3.53. The van der Waals surface area contributed by atoms with Crippen molar-refractivity contribution in [3.05, 3.63) is 81.5 Å². The predicted octanol–water partition coefficient (Wildman–Crippen LogP) is 5.75. The van der Waals surface area contributed by atoms with E-state index < -0.39 is 6.04 Å². The molecule has 1 aliphatic rings. The van der Waals surface area contributed by atoms with E-state index in [2.05, 4.69) is 5.32 Å². The number of carbonyl (C=O) groups excluding carboxylic acids is 2. The van der Waals surface area contributed by atoms with E-state index in [1.54, 1.807) is 23.3 Å². The van der Waals surface area contributed by atoms with Crippen molar-refractivity contribution in [2.75, 3.05) is 12.0 Å². The second kappa shape index (κ2) is 10.9. The van der Waals surface area contributed by atoms with E-state index >= 15 is 0 Å². The predicted molar refractivity (Wildman–Crippen MR) is 138 cm³/mol. The van der Waals surface area contributed by atoms with Crippen LogP contribution in [0.1, 0.15) is 53.3 Å². The third kappa shape index (κ3) is 5.50. The molecular weight excluding hydrogens is 444 g/mol. The molecule has 0 aliphatic heterocycles. The molecule has 1 atom stereocenters. The Morgan fingerprint density at radius 2 is 1.88 bits per heavy atom. The molecule has 0 spiro atoms. The van der Waals surface area contributed by atoms with Crippen molar-refractivity contribution in [1.82, 2.24) is 5.32 Å². The van der Waals surface area contributed by atoms with Crippen molar-refractivity contribution in [2.45, 2.75) is 58.0 Å². The third-order valence-corrected chi connectivity index (χ3v) is 7.29. The van der Waals surface area contributed by atoms with Gasteiger partial charge >= 0.3 is 0 Å². The molecule has 4 rings (SSSR count). The molecule has 1 heterocycles. The lowest BCUT2D eigenvalue weighted by atomic mass is 9.99. The summed E-state index contributed by atoms with van der Waals surface area (Å²) in [5.74, 6) is 0.397. The molecule has 1 unspecified atom stereocenters. The van der Waals surface area contributed by atoms with Crippen LogP contribution in [0.2, 0.25) is 0 Å². The lowest BCUT2D eigenvalue weighted by Crippen LogP contribution is -2.47. The first-order chi connectivity index (χ1) is 16.5. The number of nitrogens with zero attached hydrogens (tertiary/aromatic N) is 1. The Morgan fingerprint density at radius 1 is 1.09 bits per heavy atom. The van der Waals surface area contributed by atoms with Gasteiger partial charge in [0.2, 0.25) is 11.8 Å². The molecule has 1 aromatic heterocycles. The normalized spacial score (nSPS) is 14.6. The molecule has 2 amide bonds. The zero-order valence-electron chi connectivity index (χ0n) is 20.0. The van der Waals surface area contributed by atoms with E-state index in [1.165, 1.54) is 0 Å². The monoisotopic (exact) mass is 476 g/mol. The van der Waals surface area contributed by atoms with Gasteiger partial charge in [-0.15, -0.1) is 11.3 Å². The molecule has 6 heteroatoms. The second-order valence-electron chi connectivity index (χ2n) is 8.98. The lowest BCUT2D eigenvalue weighted by molar-refractivity contribution is -0.127. The summed E-state index contributed by atoms with van der Waals surface area (Å²) in [6.07, 6.45) is 4.42.